The van der Waals surface area contributed by atoms with Gasteiger partial charge in [0.25, 0.3) is 0 Å². The molecule has 0 radical (unpaired) electrons. The van der Waals surface area contributed by atoms with Gasteiger partial charge in [0.1, 0.15) is 5.82 Å². The van der Waals surface area contributed by atoms with Crippen molar-refractivity contribution in [2.24, 2.45) is 18.1 Å². The first-order valence-electron chi connectivity index (χ1n) is 6.04. The summed E-state index contributed by atoms with van der Waals surface area (Å²) in [5, 5.41) is 23.8. The monoisotopic (exact) mass is 623 g/mol. The molecule has 1 aromatic carbocycles. The van der Waals surface area contributed by atoms with Crippen LogP contribution in [0.4, 0.5) is 0 Å². The van der Waals surface area contributed by atoms with Gasteiger partial charge >= 0.3 is 11.9 Å². The van der Waals surface area contributed by atoms with Crippen molar-refractivity contribution in [1.29, 1.82) is 0 Å². The standard InChI is InChI=1S/C11H13N3.C2H2O4.3ClH.HNO2.Pt/c1-14-8-7-13-11(14)10(12)9-5-3-2-4-6-9;3-1(4)2(5)6;;;;2-1-3;/h2-8,10H,12H2,1H3;(H,3,4)(H,5,6);3*1H;(H,2,3);/p-4. The Balaban J connectivity index is -0.000000108. The number of halogens is 3. The molecule has 0 aliphatic rings. The summed E-state index contributed by atoms with van der Waals surface area (Å²) in [7, 11) is 1.95. The van der Waals surface area contributed by atoms with Crippen LogP contribution < -0.4 is 43.0 Å². The Kier molecular flexibility index (Phi) is 27.6. The molecule has 0 aliphatic carbocycles. The maximum absolute atomic E-state index is 9.10. The number of imidazole rings is 1. The van der Waals surface area contributed by atoms with E-state index in [-0.39, 0.29) is 64.3 Å². The molecule has 1 heterocycles. The molecule has 0 amide bonds. The van der Waals surface area contributed by atoms with Crippen molar-refractivity contribution in [1.82, 2.24) is 9.55 Å². The molecular formula is C13H15Cl3N4O6Pt-4. The SMILES string of the molecule is Cn1ccnc1C(N)c1ccccc1.O=C(O)C(=O)O.O=N[O-].[Cl-].[Cl-].[Cl-].[Pt]. The second-order valence-electron chi connectivity index (χ2n) is 3.97. The smallest absolute Gasteiger partial charge is 0.414 e. The number of carboxylic acids is 2. The largest absolute Gasteiger partial charge is 1.00 e. The molecule has 14 heteroatoms. The third-order valence-electron chi connectivity index (χ3n) is 2.48. The average molecular weight is 625 g/mol. The predicted molar refractivity (Wildman–Crippen MR) is 80.1 cm³/mol. The van der Waals surface area contributed by atoms with Crippen molar-refractivity contribution in [2.45, 2.75) is 6.04 Å². The summed E-state index contributed by atoms with van der Waals surface area (Å²) < 4.78 is 1.94. The minimum Gasteiger partial charge on any atom is -1.00 e. The number of carboxylic acid groups (broad SMARTS) is 2. The number of hydrogen-bond donors (Lipinski definition) is 3. The van der Waals surface area contributed by atoms with E-state index < -0.39 is 11.9 Å². The van der Waals surface area contributed by atoms with Crippen molar-refractivity contribution in [2.75, 3.05) is 0 Å². The fourth-order valence-corrected chi connectivity index (χ4v) is 1.49. The van der Waals surface area contributed by atoms with Gasteiger partial charge in [-0.2, -0.15) is 0 Å². The first-order valence-corrected chi connectivity index (χ1v) is 6.04. The summed E-state index contributed by atoms with van der Waals surface area (Å²) in [5.41, 5.74) is 7.16. The van der Waals surface area contributed by atoms with E-state index in [2.05, 4.69) is 4.98 Å². The van der Waals surface area contributed by atoms with E-state index in [0.29, 0.717) is 0 Å². The number of nitrogens with two attached hydrogens (primary N) is 1. The van der Waals surface area contributed by atoms with Crippen LogP contribution in [-0.2, 0) is 37.7 Å². The maximum Gasteiger partial charge on any atom is 0.414 e. The number of aryl methyl sites for hydroxylation is 1. The van der Waals surface area contributed by atoms with Gasteiger partial charge in [0.05, 0.1) is 6.04 Å². The normalized spacial score (nSPS) is 8.67. The zero-order chi connectivity index (χ0) is 17.8. The minimum atomic E-state index is -1.82. The van der Waals surface area contributed by atoms with Crippen molar-refractivity contribution in [3.05, 3.63) is 64.2 Å². The van der Waals surface area contributed by atoms with Gasteiger partial charge in [0.2, 0.25) is 0 Å². The molecule has 1 unspecified atom stereocenters. The zero-order valence-corrected chi connectivity index (χ0v) is 18.1. The third-order valence-corrected chi connectivity index (χ3v) is 2.48. The second-order valence-corrected chi connectivity index (χ2v) is 3.97. The minimum absolute atomic E-state index is 0. The van der Waals surface area contributed by atoms with Crippen molar-refractivity contribution >= 4 is 11.9 Å². The Morgan fingerprint density at radius 1 is 1.15 bits per heavy atom. The molecule has 2 aromatic rings. The van der Waals surface area contributed by atoms with E-state index in [1.807, 2.05) is 48.1 Å². The first-order chi connectivity index (χ1) is 10.8. The number of benzene rings is 1. The molecule has 0 bridgehead atoms. The summed E-state index contributed by atoms with van der Waals surface area (Å²) in [6.45, 7) is 0. The van der Waals surface area contributed by atoms with E-state index in [4.69, 9.17) is 35.7 Å². The number of rotatable bonds is 2. The van der Waals surface area contributed by atoms with Gasteiger partial charge in [-0.1, -0.05) is 30.3 Å². The van der Waals surface area contributed by atoms with Crippen LogP contribution in [0.25, 0.3) is 0 Å². The molecule has 10 nitrogen and oxygen atoms in total. The van der Waals surface area contributed by atoms with E-state index in [9.17, 15) is 0 Å². The van der Waals surface area contributed by atoms with Gasteiger partial charge in [-0.15, -0.1) is 5.34 Å². The molecule has 1 aromatic heterocycles. The average Bonchev–Trinajstić information content (AvgIpc) is 2.95. The number of carbonyl (C=O) groups is 2. The fourth-order valence-electron chi connectivity index (χ4n) is 1.49. The fraction of sp³-hybridized carbons (Fsp3) is 0.154. The van der Waals surface area contributed by atoms with Crippen LogP contribution in [0.5, 0.6) is 0 Å². The molecule has 1 atom stereocenters. The van der Waals surface area contributed by atoms with Gasteiger partial charge in [0, 0.05) is 40.5 Å². The molecule has 2 rings (SSSR count). The number of aliphatic carboxylic acids is 2. The quantitative estimate of drug-likeness (QED) is 0.168. The molecular weight excluding hydrogens is 610 g/mol. The molecule has 0 aliphatic heterocycles. The Morgan fingerprint density at radius 3 is 1.85 bits per heavy atom. The molecule has 158 valence electrons. The van der Waals surface area contributed by atoms with Gasteiger partial charge < -0.3 is 67.8 Å². The van der Waals surface area contributed by atoms with Gasteiger partial charge in [-0.05, 0) is 5.56 Å². The van der Waals surface area contributed by atoms with Gasteiger partial charge in [0.15, 0.2) is 0 Å². The van der Waals surface area contributed by atoms with Gasteiger partial charge in [-0.3, -0.25) is 0 Å². The summed E-state index contributed by atoms with van der Waals surface area (Å²) in [6, 6.07) is 9.83. The molecule has 0 spiro atoms. The van der Waals surface area contributed by atoms with Crippen LogP contribution >= 0.6 is 0 Å². The number of hydrogen-bond acceptors (Lipinski definition) is 7. The molecule has 0 saturated carbocycles. The Labute approximate surface area is 187 Å². The first kappa shape index (κ1) is 36.2. The summed E-state index contributed by atoms with van der Waals surface area (Å²) >= 11 is 0. The molecule has 4 N–H and O–H groups in total. The van der Waals surface area contributed by atoms with Crippen molar-refractivity contribution in [3.63, 3.8) is 0 Å². The van der Waals surface area contributed by atoms with E-state index in [1.165, 1.54) is 0 Å². The zero-order valence-electron chi connectivity index (χ0n) is 13.5. The maximum atomic E-state index is 9.10. The molecule has 27 heavy (non-hydrogen) atoms. The molecule has 0 fully saturated rings. The third kappa shape index (κ3) is 15.1. The van der Waals surface area contributed by atoms with Crippen LogP contribution in [0.15, 0.2) is 48.1 Å². The van der Waals surface area contributed by atoms with Crippen molar-refractivity contribution < 1.29 is 78.1 Å². The predicted octanol–water partition coefficient (Wildman–Crippen LogP) is -8.12. The number of aromatic nitrogens is 2. The Bertz CT molecular complexity index is 636. The Hall–Kier alpha value is -1.71. The van der Waals surface area contributed by atoms with Crippen LogP contribution in [0.1, 0.15) is 17.4 Å². The summed E-state index contributed by atoms with van der Waals surface area (Å²) in [4.78, 5) is 30.4. The van der Waals surface area contributed by atoms with E-state index >= 15 is 0 Å². The second kappa shape index (κ2) is 20.6. The summed E-state index contributed by atoms with van der Waals surface area (Å²) in [6.07, 6.45) is 3.66. The van der Waals surface area contributed by atoms with Gasteiger partial charge in [-0.25, -0.2) is 14.6 Å². The van der Waals surface area contributed by atoms with Crippen molar-refractivity contribution in [3.8, 4) is 0 Å². The van der Waals surface area contributed by atoms with E-state index in [1.54, 1.807) is 6.20 Å². The molecule has 0 saturated heterocycles. The summed E-state index contributed by atoms with van der Waals surface area (Å²) in [5.74, 6) is -2.76. The number of nitrogens with zero attached hydrogens (tertiary/aromatic N) is 3. The topological polar surface area (TPSA) is 171 Å². The van der Waals surface area contributed by atoms with E-state index in [0.717, 1.165) is 16.7 Å². The van der Waals surface area contributed by atoms with Crippen LogP contribution in [0.3, 0.4) is 0 Å². The van der Waals surface area contributed by atoms with Crippen LogP contribution in [0.2, 0.25) is 0 Å². The van der Waals surface area contributed by atoms with Crippen LogP contribution in [0, 0.1) is 10.1 Å². The van der Waals surface area contributed by atoms with Crippen LogP contribution in [-0.4, -0.2) is 31.7 Å². The Morgan fingerprint density at radius 2 is 1.56 bits per heavy atom.